The van der Waals surface area contributed by atoms with Crippen LogP contribution in [0, 0.1) is 11.8 Å². The molecule has 2 unspecified atom stereocenters. The van der Waals surface area contributed by atoms with Crippen molar-refractivity contribution in [3.05, 3.63) is 23.8 Å². The van der Waals surface area contributed by atoms with Crippen molar-refractivity contribution >= 4 is 11.6 Å². The van der Waals surface area contributed by atoms with E-state index in [4.69, 9.17) is 21.1 Å². The van der Waals surface area contributed by atoms with Gasteiger partial charge in [0.1, 0.15) is 0 Å². The van der Waals surface area contributed by atoms with E-state index in [1.165, 1.54) is 5.56 Å². The van der Waals surface area contributed by atoms with Gasteiger partial charge in [0.15, 0.2) is 11.5 Å². The van der Waals surface area contributed by atoms with Crippen LogP contribution in [-0.2, 0) is 6.42 Å². The number of ether oxygens (including phenoxy) is 2. The molecule has 0 N–H and O–H groups in total. The molecule has 1 aromatic rings. The Hall–Kier alpha value is -0.890. The molecule has 2 atom stereocenters. The van der Waals surface area contributed by atoms with Crippen LogP contribution in [0.3, 0.4) is 0 Å². The van der Waals surface area contributed by atoms with E-state index in [0.717, 1.165) is 17.9 Å². The summed E-state index contributed by atoms with van der Waals surface area (Å²) >= 11 is 6.46. The van der Waals surface area contributed by atoms with Gasteiger partial charge in [0.25, 0.3) is 0 Å². The SMILES string of the molecule is COc1ccc(CC(Cl)C(C)C(C)C)cc1OC. The Balaban J connectivity index is 2.79. The van der Waals surface area contributed by atoms with Crippen molar-refractivity contribution in [1.82, 2.24) is 0 Å². The van der Waals surface area contributed by atoms with Crippen molar-refractivity contribution < 1.29 is 9.47 Å². The van der Waals surface area contributed by atoms with Crippen molar-refractivity contribution in [2.45, 2.75) is 32.6 Å². The Morgan fingerprint density at radius 3 is 2.17 bits per heavy atom. The maximum absolute atomic E-state index is 6.46. The van der Waals surface area contributed by atoms with Crippen molar-refractivity contribution in [1.29, 1.82) is 0 Å². The normalized spacial score (nSPS) is 14.4. The van der Waals surface area contributed by atoms with E-state index in [9.17, 15) is 0 Å². The van der Waals surface area contributed by atoms with Gasteiger partial charge in [0.05, 0.1) is 14.2 Å². The van der Waals surface area contributed by atoms with Crippen LogP contribution in [0.2, 0.25) is 0 Å². The molecule has 0 saturated carbocycles. The smallest absolute Gasteiger partial charge is 0.160 e. The highest BCUT2D eigenvalue weighted by Gasteiger charge is 2.18. The van der Waals surface area contributed by atoms with E-state index in [1.807, 2.05) is 18.2 Å². The molecular weight excluding hydrogens is 248 g/mol. The zero-order chi connectivity index (χ0) is 13.7. The minimum atomic E-state index is 0.142. The van der Waals surface area contributed by atoms with E-state index >= 15 is 0 Å². The molecule has 0 radical (unpaired) electrons. The molecule has 3 heteroatoms. The Bertz CT molecular complexity index is 377. The summed E-state index contributed by atoms with van der Waals surface area (Å²) in [5.41, 5.74) is 1.18. The maximum Gasteiger partial charge on any atom is 0.160 e. The summed E-state index contributed by atoms with van der Waals surface area (Å²) in [4.78, 5) is 0. The van der Waals surface area contributed by atoms with Gasteiger partial charge < -0.3 is 9.47 Å². The fourth-order valence-corrected chi connectivity index (χ4v) is 2.31. The number of hydrogen-bond donors (Lipinski definition) is 0. The van der Waals surface area contributed by atoms with Crippen LogP contribution < -0.4 is 9.47 Å². The highest BCUT2D eigenvalue weighted by atomic mass is 35.5. The van der Waals surface area contributed by atoms with Crippen LogP contribution in [0.4, 0.5) is 0 Å². The average Bonchev–Trinajstić information content (AvgIpc) is 2.37. The Morgan fingerprint density at radius 1 is 1.06 bits per heavy atom. The number of hydrogen-bond acceptors (Lipinski definition) is 2. The molecule has 102 valence electrons. The van der Waals surface area contributed by atoms with Crippen LogP contribution in [0.25, 0.3) is 0 Å². The van der Waals surface area contributed by atoms with E-state index in [2.05, 4.69) is 20.8 Å². The average molecular weight is 271 g/mol. The molecule has 0 aliphatic carbocycles. The first kappa shape index (κ1) is 15.2. The predicted molar refractivity (Wildman–Crippen MR) is 76.9 cm³/mol. The van der Waals surface area contributed by atoms with Gasteiger partial charge >= 0.3 is 0 Å². The van der Waals surface area contributed by atoms with E-state index in [0.29, 0.717) is 11.8 Å². The highest BCUT2D eigenvalue weighted by Crippen LogP contribution is 2.30. The maximum atomic E-state index is 6.46. The molecule has 0 bridgehead atoms. The summed E-state index contributed by atoms with van der Waals surface area (Å²) in [6, 6.07) is 5.98. The predicted octanol–water partition coefficient (Wildman–Crippen LogP) is 4.15. The van der Waals surface area contributed by atoms with Crippen molar-refractivity contribution in [3.63, 3.8) is 0 Å². The molecule has 0 heterocycles. The molecular formula is C15H23ClO2. The molecule has 18 heavy (non-hydrogen) atoms. The number of alkyl halides is 1. The second-order valence-corrected chi connectivity index (χ2v) is 5.57. The Labute approximate surface area is 115 Å². The van der Waals surface area contributed by atoms with E-state index in [1.54, 1.807) is 14.2 Å². The summed E-state index contributed by atoms with van der Waals surface area (Å²) in [5, 5.41) is 0.142. The quantitative estimate of drug-likeness (QED) is 0.723. The first-order valence-corrected chi connectivity index (χ1v) is 6.78. The molecule has 0 amide bonds. The first-order valence-electron chi connectivity index (χ1n) is 6.34. The van der Waals surface area contributed by atoms with Gasteiger partial charge in [-0.15, -0.1) is 11.6 Å². The van der Waals surface area contributed by atoms with Crippen molar-refractivity contribution in [2.75, 3.05) is 14.2 Å². The number of rotatable bonds is 6. The number of methoxy groups -OCH3 is 2. The monoisotopic (exact) mass is 270 g/mol. The molecule has 0 fully saturated rings. The summed E-state index contributed by atoms with van der Waals surface area (Å²) in [6.45, 7) is 6.60. The Morgan fingerprint density at radius 2 is 1.67 bits per heavy atom. The third kappa shape index (κ3) is 3.81. The number of halogens is 1. The van der Waals surface area contributed by atoms with Gasteiger partial charge in [-0.3, -0.25) is 0 Å². The fraction of sp³-hybridized carbons (Fsp3) is 0.600. The topological polar surface area (TPSA) is 18.5 Å². The zero-order valence-electron chi connectivity index (χ0n) is 11.9. The fourth-order valence-electron chi connectivity index (χ4n) is 1.84. The second kappa shape index (κ2) is 6.89. The Kier molecular flexibility index (Phi) is 5.80. The van der Waals surface area contributed by atoms with E-state index in [-0.39, 0.29) is 5.38 Å². The van der Waals surface area contributed by atoms with Gasteiger partial charge in [0, 0.05) is 5.38 Å². The molecule has 0 aliphatic heterocycles. The van der Waals surface area contributed by atoms with Gasteiger partial charge in [-0.05, 0) is 36.0 Å². The van der Waals surface area contributed by atoms with Gasteiger partial charge in [-0.25, -0.2) is 0 Å². The van der Waals surface area contributed by atoms with Gasteiger partial charge in [-0.2, -0.15) is 0 Å². The lowest BCUT2D eigenvalue weighted by atomic mass is 9.91. The minimum Gasteiger partial charge on any atom is -0.493 e. The molecule has 2 nitrogen and oxygen atoms in total. The van der Waals surface area contributed by atoms with Crippen LogP contribution in [0.15, 0.2) is 18.2 Å². The summed E-state index contributed by atoms with van der Waals surface area (Å²) < 4.78 is 10.5. The number of benzene rings is 1. The zero-order valence-corrected chi connectivity index (χ0v) is 12.6. The van der Waals surface area contributed by atoms with Crippen LogP contribution in [0.1, 0.15) is 26.3 Å². The summed E-state index contributed by atoms with van der Waals surface area (Å²) in [6.07, 6.45) is 0.848. The molecule has 1 aromatic carbocycles. The second-order valence-electron chi connectivity index (χ2n) is 5.01. The van der Waals surface area contributed by atoms with Gasteiger partial charge in [-0.1, -0.05) is 26.8 Å². The lowest BCUT2D eigenvalue weighted by molar-refractivity contribution is 0.354. The first-order chi connectivity index (χ1) is 8.49. The molecule has 0 aliphatic rings. The summed E-state index contributed by atoms with van der Waals surface area (Å²) in [5.74, 6) is 2.59. The minimum absolute atomic E-state index is 0.142. The lowest BCUT2D eigenvalue weighted by Crippen LogP contribution is -2.19. The lowest BCUT2D eigenvalue weighted by Gasteiger charge is -2.22. The third-order valence-electron chi connectivity index (χ3n) is 3.50. The van der Waals surface area contributed by atoms with Crippen molar-refractivity contribution in [3.8, 4) is 11.5 Å². The summed E-state index contributed by atoms with van der Waals surface area (Å²) in [7, 11) is 3.29. The van der Waals surface area contributed by atoms with Crippen LogP contribution in [0.5, 0.6) is 11.5 Å². The highest BCUT2D eigenvalue weighted by molar-refractivity contribution is 6.20. The molecule has 0 aromatic heterocycles. The molecule has 0 saturated heterocycles. The molecule has 1 rings (SSSR count). The largest absolute Gasteiger partial charge is 0.493 e. The van der Waals surface area contributed by atoms with Crippen LogP contribution >= 0.6 is 11.6 Å². The van der Waals surface area contributed by atoms with Gasteiger partial charge in [0.2, 0.25) is 0 Å². The van der Waals surface area contributed by atoms with Crippen molar-refractivity contribution in [2.24, 2.45) is 11.8 Å². The third-order valence-corrected chi connectivity index (χ3v) is 4.05. The van der Waals surface area contributed by atoms with Crippen LogP contribution in [-0.4, -0.2) is 19.6 Å². The molecule has 0 spiro atoms. The standard InChI is InChI=1S/C15H23ClO2/c1-10(2)11(3)13(16)8-12-6-7-14(17-4)15(9-12)18-5/h6-7,9-11,13H,8H2,1-5H3. The van der Waals surface area contributed by atoms with E-state index < -0.39 is 0 Å².